The lowest BCUT2D eigenvalue weighted by Gasteiger charge is -2.34. The molecule has 3 heterocycles. The average molecular weight is 966 g/mol. The first-order valence-corrected chi connectivity index (χ1v) is 24.5. The number of fused-ring (bicyclic) bond motifs is 2. The van der Waals surface area contributed by atoms with Gasteiger partial charge in [0.25, 0.3) is 0 Å². The van der Waals surface area contributed by atoms with Crippen LogP contribution in [-0.2, 0) is 56.2 Å². The summed E-state index contributed by atoms with van der Waals surface area (Å²) in [5, 5.41) is 45.2. The first kappa shape index (κ1) is 61.2. The molecule has 3 saturated heterocycles. The Labute approximate surface area is 403 Å². The minimum absolute atomic E-state index is 0.0212. The van der Waals surface area contributed by atoms with Gasteiger partial charge in [-0.05, 0) is 55.7 Å². The van der Waals surface area contributed by atoms with E-state index in [0.717, 1.165) is 6.42 Å². The van der Waals surface area contributed by atoms with Gasteiger partial charge in [0.1, 0.15) is 18.4 Å². The summed E-state index contributed by atoms with van der Waals surface area (Å²) in [6.45, 7) is 18.5. The van der Waals surface area contributed by atoms with Crippen molar-refractivity contribution in [3.05, 3.63) is 29.3 Å². The minimum Gasteiger partial charge on any atom is -0.479 e. The number of piperazine rings is 1. The number of carboxylic acid groups (broad SMARTS) is 1. The van der Waals surface area contributed by atoms with E-state index in [0.29, 0.717) is 56.0 Å². The van der Waals surface area contributed by atoms with Gasteiger partial charge in [-0.25, -0.2) is 4.79 Å². The number of amides is 5. The number of hydrogen-bond donors (Lipinski definition) is 7. The predicted molar refractivity (Wildman–Crippen MR) is 255 cm³/mol. The Hall–Kier alpha value is -4.85. The van der Waals surface area contributed by atoms with Crippen molar-refractivity contribution in [1.82, 2.24) is 25.8 Å². The fraction of sp³-hybridized carbons (Fsp3) is 0.735. The van der Waals surface area contributed by atoms with E-state index in [1.165, 1.54) is 6.42 Å². The highest BCUT2D eigenvalue weighted by molar-refractivity contribution is 5.88. The first-order chi connectivity index (χ1) is 32.4. The second-order valence-electron chi connectivity index (χ2n) is 17.6. The van der Waals surface area contributed by atoms with Crippen LogP contribution in [0.2, 0.25) is 0 Å². The van der Waals surface area contributed by atoms with E-state index in [-0.39, 0.29) is 113 Å². The van der Waals surface area contributed by atoms with Crippen molar-refractivity contribution in [2.75, 3.05) is 32.8 Å². The lowest BCUT2D eigenvalue weighted by Crippen LogP contribution is -2.51. The van der Waals surface area contributed by atoms with Crippen molar-refractivity contribution in [2.24, 2.45) is 11.8 Å². The number of nitrogens with one attached hydrogen (secondary N) is 3. The van der Waals surface area contributed by atoms with Gasteiger partial charge in [0.05, 0.1) is 30.7 Å². The Morgan fingerprint density at radius 2 is 1.44 bits per heavy atom. The molecule has 0 aromatic heterocycles. The number of esters is 1. The maximum absolute atomic E-state index is 13.2. The number of carbonyl (C=O) groups is 7. The highest BCUT2D eigenvalue weighted by Gasteiger charge is 2.46. The SMILES string of the molecule is CC.CC(C)CCO.CCC.CCCC(=O)NC(CCCC(=O)N1CC2CC1CN2C(=O)CCO)C(=O)NCCC(=O)NCc1cc(COC(=O)C(C)C)ccc1OC1CC(O)CC(C(=O)O)O1. The molecule has 1 aromatic carbocycles. The van der Waals surface area contributed by atoms with Gasteiger partial charge in [-0.2, -0.15) is 0 Å². The van der Waals surface area contributed by atoms with Crippen molar-refractivity contribution in [1.29, 1.82) is 0 Å². The van der Waals surface area contributed by atoms with Crippen LogP contribution in [-0.4, -0.2) is 141 Å². The molecule has 2 bridgehead atoms. The molecule has 0 aliphatic carbocycles. The zero-order valence-corrected chi connectivity index (χ0v) is 42.1. The van der Waals surface area contributed by atoms with Gasteiger partial charge >= 0.3 is 11.9 Å². The Morgan fingerprint density at radius 3 is 1.97 bits per heavy atom. The lowest BCUT2D eigenvalue weighted by atomic mass is 10.1. The van der Waals surface area contributed by atoms with Crippen molar-refractivity contribution >= 4 is 41.5 Å². The maximum atomic E-state index is 13.2. The Kier molecular flexibility index (Phi) is 30.2. The summed E-state index contributed by atoms with van der Waals surface area (Å²) in [6.07, 6.45) is 0.921. The second-order valence-corrected chi connectivity index (χ2v) is 17.6. The predicted octanol–water partition coefficient (Wildman–Crippen LogP) is 3.95. The summed E-state index contributed by atoms with van der Waals surface area (Å²) in [5.41, 5.74) is 1.06. The van der Waals surface area contributed by atoms with E-state index in [1.807, 2.05) is 20.8 Å². The molecule has 3 aliphatic rings. The zero-order valence-electron chi connectivity index (χ0n) is 42.1. The number of likely N-dealkylation sites (tertiary alicyclic amines) is 2. The number of rotatable bonds is 23. The molecule has 0 saturated carbocycles. The van der Waals surface area contributed by atoms with Crippen LogP contribution in [0.1, 0.15) is 150 Å². The molecule has 7 N–H and O–H groups in total. The van der Waals surface area contributed by atoms with Gasteiger partial charge in [0.15, 0.2) is 6.10 Å². The van der Waals surface area contributed by atoms with E-state index in [9.17, 15) is 43.8 Å². The normalized spacial score (nSPS) is 19.5. The summed E-state index contributed by atoms with van der Waals surface area (Å²) in [5.74, 6) is -2.50. The number of carbonyl (C=O) groups excluding carboxylic acids is 6. The Bertz CT molecular complexity index is 1710. The van der Waals surface area contributed by atoms with Gasteiger partial charge in [-0.15, -0.1) is 0 Å². The van der Waals surface area contributed by atoms with Gasteiger partial charge in [-0.1, -0.05) is 74.8 Å². The summed E-state index contributed by atoms with van der Waals surface area (Å²) < 4.78 is 16.8. The summed E-state index contributed by atoms with van der Waals surface area (Å²) in [7, 11) is 0. The van der Waals surface area contributed by atoms with Crippen LogP contribution in [0, 0.1) is 11.8 Å². The van der Waals surface area contributed by atoms with Crippen LogP contribution < -0.4 is 20.7 Å². The van der Waals surface area contributed by atoms with Crippen molar-refractivity contribution < 1.29 is 68.2 Å². The molecule has 1 aromatic rings. The molecule has 6 unspecified atom stereocenters. The molecule has 4 rings (SSSR count). The highest BCUT2D eigenvalue weighted by Crippen LogP contribution is 2.32. The molecule has 0 spiro atoms. The highest BCUT2D eigenvalue weighted by atomic mass is 16.7. The summed E-state index contributed by atoms with van der Waals surface area (Å²) in [4.78, 5) is 91.0. The van der Waals surface area contributed by atoms with Gasteiger partial charge in [0, 0.05) is 76.9 Å². The number of nitrogens with zero attached hydrogens (tertiary/aromatic N) is 2. The fourth-order valence-electron chi connectivity index (χ4n) is 7.38. The largest absolute Gasteiger partial charge is 0.479 e. The Morgan fingerprint density at radius 1 is 0.809 bits per heavy atom. The third-order valence-corrected chi connectivity index (χ3v) is 10.8. The zero-order chi connectivity index (χ0) is 51.3. The minimum atomic E-state index is -1.26. The van der Waals surface area contributed by atoms with Gasteiger partial charge in [0.2, 0.25) is 35.8 Å². The van der Waals surface area contributed by atoms with Crippen LogP contribution in [0.3, 0.4) is 0 Å². The van der Waals surface area contributed by atoms with Crippen LogP contribution in [0.5, 0.6) is 5.75 Å². The fourth-order valence-corrected chi connectivity index (χ4v) is 7.38. The monoisotopic (exact) mass is 966 g/mol. The molecule has 19 nitrogen and oxygen atoms in total. The van der Waals surface area contributed by atoms with Gasteiger partial charge in [-0.3, -0.25) is 28.8 Å². The number of aliphatic carboxylic acids is 1. The van der Waals surface area contributed by atoms with E-state index >= 15 is 0 Å². The standard InChI is InChI=1S/C39H57N5O13.C5H12O.C3H8.C2H6/c1-4-6-33(48)42-29(7-5-8-34(49)43-20-27-16-26(43)21-44(27)35(50)12-14-45)37(51)40-13-11-32(47)41-19-25-15-24(22-55-39(54)23(2)3)9-10-30(25)56-36-18-28(46)17-31(57-36)38(52)53;1-5(2)3-4-6;1-3-2;1-2/h9-10,15,23,26-29,31,36,45-46H,4-8,11-14,16-22H2,1-3H3,(H,40,51)(H,41,47)(H,42,48)(H,52,53);5-6H,3-4H2,1-2H3;3H2,1-2H3;1-2H3. The van der Waals surface area contributed by atoms with Crippen LogP contribution in [0.4, 0.5) is 0 Å². The van der Waals surface area contributed by atoms with Crippen molar-refractivity contribution in [2.45, 2.75) is 189 Å². The first-order valence-electron chi connectivity index (χ1n) is 24.5. The van der Waals surface area contributed by atoms with E-state index < -0.39 is 48.3 Å². The third kappa shape index (κ3) is 22.5. The number of benzene rings is 1. The topological polar surface area (TPSA) is 271 Å². The molecular formula is C49H83N5O14. The van der Waals surface area contributed by atoms with Crippen molar-refractivity contribution in [3.8, 4) is 5.75 Å². The quantitative estimate of drug-likeness (QED) is 0.0766. The van der Waals surface area contributed by atoms with Crippen LogP contribution in [0.15, 0.2) is 18.2 Å². The molecule has 3 aliphatic heterocycles. The van der Waals surface area contributed by atoms with Crippen molar-refractivity contribution in [3.63, 3.8) is 0 Å². The van der Waals surface area contributed by atoms with Gasteiger partial charge < -0.3 is 60.4 Å². The molecule has 6 atom stereocenters. The number of aliphatic hydroxyl groups is 3. The number of hydrogen-bond acceptors (Lipinski definition) is 13. The second kappa shape index (κ2) is 33.6. The smallest absolute Gasteiger partial charge is 0.333 e. The molecule has 5 amide bonds. The third-order valence-electron chi connectivity index (χ3n) is 10.8. The Balaban J connectivity index is 0.00000190. The number of carboxylic acids is 1. The van der Waals surface area contributed by atoms with E-state index in [4.69, 9.17) is 24.4 Å². The number of aliphatic hydroxyl groups excluding tert-OH is 3. The molecule has 3 fully saturated rings. The van der Waals surface area contributed by atoms with E-state index in [2.05, 4.69) is 43.6 Å². The number of ether oxygens (including phenoxy) is 3. The van der Waals surface area contributed by atoms with E-state index in [1.54, 1.807) is 41.8 Å². The molecule has 388 valence electrons. The molecule has 68 heavy (non-hydrogen) atoms. The summed E-state index contributed by atoms with van der Waals surface area (Å²) >= 11 is 0. The average Bonchev–Trinajstić information content (AvgIpc) is 3.91. The molecule has 19 heteroatoms. The molecular weight excluding hydrogens is 883 g/mol. The van der Waals surface area contributed by atoms with Crippen LogP contribution in [0.25, 0.3) is 0 Å². The lowest BCUT2D eigenvalue weighted by molar-refractivity contribution is -0.195. The maximum Gasteiger partial charge on any atom is 0.333 e. The molecule has 0 radical (unpaired) electrons. The summed E-state index contributed by atoms with van der Waals surface area (Å²) in [6, 6.07) is 3.82. The van der Waals surface area contributed by atoms with Crippen LogP contribution >= 0.6 is 0 Å².